The normalized spacial score (nSPS) is 18.1. The molecule has 0 aliphatic carbocycles. The van der Waals surface area contributed by atoms with E-state index in [1.807, 2.05) is 24.3 Å². The highest BCUT2D eigenvalue weighted by Gasteiger charge is 2.44. The highest BCUT2D eigenvalue weighted by atomic mass is 16.4. The quantitative estimate of drug-likeness (QED) is 0.0221. The number of carbonyl (C=O) groups excluding carboxylic acids is 9. The number of guanidine groups is 1. The van der Waals surface area contributed by atoms with E-state index in [9.17, 15) is 58.2 Å². The maximum atomic E-state index is 14.3. The number of nitrogens with zero attached hydrogens (tertiary/aromatic N) is 3. The van der Waals surface area contributed by atoms with Crippen LogP contribution >= 0.6 is 0 Å². The Labute approximate surface area is 457 Å². The number of para-hydroxylation sites is 1. The molecule has 3 heterocycles. The number of carboxylic acid groups (broad SMARTS) is 1. The summed E-state index contributed by atoms with van der Waals surface area (Å²) in [5.41, 5.74) is 24.9. The summed E-state index contributed by atoms with van der Waals surface area (Å²) in [4.78, 5) is 145. The average molecular weight is 1100 g/mol. The standard InChI is InChI=1S/C53H76N14O12/c1-5-28(2)43(49(75)64-39(52(78)79)25-31-16-18-33(68)19-17-31)65-47(73)37(13-8-22-58-53(56)57)62-45(71)30(4)60-44(70)29(3)61-48(74)40-14-9-23-66(40)51(77)41-15-10-24-67(41)50(76)38(20-21-42(55)69)63-46(72)35(54)26-32-27-59-36-12-7-6-11-34(32)36/h6-7,11-12,16-19,27-30,35,37-41,43,59,68H,5,8-10,13-15,20-26,54H2,1-4H3,(H2,55,69)(H,60,70)(H,61,74)(H,62,71)(H,63,72)(H,64,75)(H,65,73)(H,78,79)(H4,56,57,58)/t28-,29-,30-,35-,37-,38-,39-,40-,41-,43-/m0/s1. The molecule has 2 saturated heterocycles. The number of aromatic amines is 1. The first kappa shape index (κ1) is 61.6. The van der Waals surface area contributed by atoms with Crippen LogP contribution in [-0.2, 0) is 60.8 Å². The molecule has 0 radical (unpaired) electrons. The second-order valence-electron chi connectivity index (χ2n) is 20.2. The first-order valence-electron chi connectivity index (χ1n) is 26.6. The van der Waals surface area contributed by atoms with Gasteiger partial charge in [0.1, 0.15) is 54.1 Å². The molecule has 79 heavy (non-hydrogen) atoms. The number of aromatic nitrogens is 1. The van der Waals surface area contributed by atoms with Crippen molar-refractivity contribution in [3.05, 3.63) is 65.9 Å². The summed E-state index contributed by atoms with van der Waals surface area (Å²) in [6, 6.07) is 2.47. The largest absolute Gasteiger partial charge is 0.508 e. The van der Waals surface area contributed by atoms with Gasteiger partial charge in [-0.3, -0.25) is 48.1 Å². The topological polar surface area (TPSA) is 422 Å². The molecule has 17 N–H and O–H groups in total. The van der Waals surface area contributed by atoms with Crippen LogP contribution in [0.15, 0.2) is 59.7 Å². The van der Waals surface area contributed by atoms with Crippen molar-refractivity contribution in [1.29, 1.82) is 0 Å². The van der Waals surface area contributed by atoms with E-state index in [4.69, 9.17) is 22.9 Å². The van der Waals surface area contributed by atoms with Crippen LogP contribution in [0.2, 0.25) is 0 Å². The lowest BCUT2D eigenvalue weighted by Gasteiger charge is -2.33. The minimum atomic E-state index is -1.40. The van der Waals surface area contributed by atoms with Gasteiger partial charge < -0.3 is 79.8 Å². The minimum Gasteiger partial charge on any atom is -0.508 e. The highest BCUT2D eigenvalue weighted by Crippen LogP contribution is 2.27. The minimum absolute atomic E-state index is 0.0270. The molecule has 3 aromatic rings. The zero-order valence-corrected chi connectivity index (χ0v) is 45.0. The molecular formula is C53H76N14O12. The number of rotatable bonds is 28. The number of H-pyrrole nitrogens is 1. The van der Waals surface area contributed by atoms with E-state index in [1.165, 1.54) is 47.9 Å². The number of primary amides is 1. The number of phenolic OH excluding ortho intramolecular Hbond substituents is 1. The van der Waals surface area contributed by atoms with Crippen molar-refractivity contribution < 1.29 is 58.2 Å². The van der Waals surface area contributed by atoms with Crippen molar-refractivity contribution in [2.45, 2.75) is 153 Å². The fourth-order valence-corrected chi connectivity index (χ4v) is 9.57. The third kappa shape index (κ3) is 17.4. The zero-order valence-electron chi connectivity index (χ0n) is 45.0. The molecule has 2 aromatic carbocycles. The Kier molecular flexibility index (Phi) is 22.5. The zero-order chi connectivity index (χ0) is 58.1. The predicted molar refractivity (Wildman–Crippen MR) is 290 cm³/mol. The number of aliphatic imine (C=N–C) groups is 1. The van der Waals surface area contributed by atoms with Crippen molar-refractivity contribution in [3.8, 4) is 5.75 Å². The molecule has 26 nitrogen and oxygen atoms in total. The van der Waals surface area contributed by atoms with Crippen LogP contribution in [0, 0.1) is 5.92 Å². The van der Waals surface area contributed by atoms with Crippen LogP contribution in [0.4, 0.5) is 0 Å². The number of aliphatic carboxylic acids is 1. The second-order valence-corrected chi connectivity index (χ2v) is 20.2. The number of carboxylic acids is 1. The summed E-state index contributed by atoms with van der Waals surface area (Å²) < 4.78 is 0. The number of carbonyl (C=O) groups is 10. The van der Waals surface area contributed by atoms with E-state index >= 15 is 0 Å². The Morgan fingerprint density at radius 2 is 1.33 bits per heavy atom. The summed E-state index contributed by atoms with van der Waals surface area (Å²) in [7, 11) is 0. The molecule has 5 rings (SSSR count). The lowest BCUT2D eigenvalue weighted by atomic mass is 9.96. The van der Waals surface area contributed by atoms with Crippen LogP contribution in [0.5, 0.6) is 5.75 Å². The first-order valence-corrected chi connectivity index (χ1v) is 26.6. The summed E-state index contributed by atoms with van der Waals surface area (Å²) in [5, 5.41) is 36.1. The van der Waals surface area contributed by atoms with Gasteiger partial charge in [0.15, 0.2) is 5.96 Å². The van der Waals surface area contributed by atoms with Crippen molar-refractivity contribution >= 4 is 76.0 Å². The Bertz CT molecular complexity index is 2710. The fourth-order valence-electron chi connectivity index (χ4n) is 9.57. The number of phenols is 1. The van der Waals surface area contributed by atoms with Crippen molar-refractivity contribution in [2.75, 3.05) is 19.6 Å². The third-order valence-corrected chi connectivity index (χ3v) is 14.3. The Hall–Kier alpha value is -8.29. The van der Waals surface area contributed by atoms with Gasteiger partial charge in [0.25, 0.3) is 0 Å². The molecule has 9 amide bonds. The molecule has 1 aromatic heterocycles. The van der Waals surface area contributed by atoms with Crippen LogP contribution in [-0.4, -0.2) is 164 Å². The van der Waals surface area contributed by atoms with Crippen molar-refractivity contribution in [2.24, 2.45) is 33.8 Å². The number of likely N-dealkylation sites (tertiary alicyclic amines) is 2. The predicted octanol–water partition coefficient (Wildman–Crippen LogP) is -1.63. The van der Waals surface area contributed by atoms with Gasteiger partial charge in [0.2, 0.25) is 53.2 Å². The second kappa shape index (κ2) is 28.9. The maximum Gasteiger partial charge on any atom is 0.326 e. The average Bonchev–Trinajstić information content (AvgIpc) is 4.22. The molecule has 0 saturated carbocycles. The smallest absolute Gasteiger partial charge is 0.326 e. The van der Waals surface area contributed by atoms with Gasteiger partial charge in [-0.1, -0.05) is 50.6 Å². The lowest BCUT2D eigenvalue weighted by molar-refractivity contribution is -0.148. The van der Waals surface area contributed by atoms with E-state index in [0.29, 0.717) is 24.8 Å². The molecule has 2 aliphatic heterocycles. The molecule has 0 unspecified atom stereocenters. The molecule has 26 heteroatoms. The Morgan fingerprint density at radius 3 is 1.99 bits per heavy atom. The van der Waals surface area contributed by atoms with E-state index in [-0.39, 0.29) is 82.7 Å². The van der Waals surface area contributed by atoms with Gasteiger partial charge in [-0.05, 0) is 100 Å². The Morgan fingerprint density at radius 1 is 0.709 bits per heavy atom. The number of benzene rings is 2. The number of aromatic hydroxyl groups is 1. The fraction of sp³-hybridized carbons (Fsp3) is 0.528. The number of nitrogens with one attached hydrogen (secondary N) is 7. The Balaban J connectivity index is 1.19. The summed E-state index contributed by atoms with van der Waals surface area (Å²) in [5.74, 6) is -8.39. The monoisotopic (exact) mass is 1100 g/mol. The van der Waals surface area contributed by atoms with E-state index in [1.54, 1.807) is 20.0 Å². The van der Waals surface area contributed by atoms with Crippen LogP contribution in [0.1, 0.15) is 96.6 Å². The van der Waals surface area contributed by atoms with Crippen LogP contribution < -0.4 is 54.8 Å². The van der Waals surface area contributed by atoms with Gasteiger partial charge in [0, 0.05) is 49.6 Å². The number of hydrogen-bond donors (Lipinski definition) is 13. The summed E-state index contributed by atoms with van der Waals surface area (Å²) >= 11 is 0. The third-order valence-electron chi connectivity index (χ3n) is 14.3. The molecule has 10 atom stereocenters. The molecular weight excluding hydrogens is 1020 g/mol. The molecule has 2 fully saturated rings. The molecule has 2 aliphatic rings. The maximum absolute atomic E-state index is 14.3. The van der Waals surface area contributed by atoms with Gasteiger partial charge in [-0.15, -0.1) is 0 Å². The SMILES string of the molecule is CC[C@H](C)[C@H](NC(=O)[C@H](CCCN=C(N)N)NC(=O)[C@H](C)NC(=O)[C@H](C)NC(=O)[C@@H]1CCCN1C(=O)[C@@H]1CCCN1C(=O)[C@H](CCC(N)=O)NC(=O)[C@@H](N)Cc1c[nH]c2ccccc12)C(=O)N[C@@H](Cc1ccc(O)cc1)C(=O)O. The van der Waals surface area contributed by atoms with E-state index < -0.39 is 119 Å². The number of hydrogen-bond acceptors (Lipinski definition) is 13. The van der Waals surface area contributed by atoms with Crippen LogP contribution in [0.25, 0.3) is 10.9 Å². The van der Waals surface area contributed by atoms with E-state index in [2.05, 4.69) is 41.9 Å². The molecule has 0 bridgehead atoms. The number of nitrogens with two attached hydrogens (primary N) is 4. The number of fused-ring (bicyclic) bond motifs is 1. The summed E-state index contributed by atoms with van der Waals surface area (Å²) in [6.45, 7) is 6.58. The van der Waals surface area contributed by atoms with Crippen molar-refractivity contribution in [1.82, 2.24) is 46.7 Å². The van der Waals surface area contributed by atoms with E-state index in [0.717, 1.165) is 16.5 Å². The lowest BCUT2D eigenvalue weighted by Crippen LogP contribution is -2.60. The van der Waals surface area contributed by atoms with Crippen LogP contribution in [0.3, 0.4) is 0 Å². The van der Waals surface area contributed by atoms with Gasteiger partial charge in [0.05, 0.1) is 6.04 Å². The highest BCUT2D eigenvalue weighted by molar-refractivity contribution is 5.98. The van der Waals surface area contributed by atoms with Gasteiger partial charge in [-0.2, -0.15) is 0 Å². The summed E-state index contributed by atoms with van der Waals surface area (Å²) in [6.07, 6.45) is 3.28. The molecule has 430 valence electrons. The first-order chi connectivity index (χ1) is 37.5. The van der Waals surface area contributed by atoms with Gasteiger partial charge in [-0.25, -0.2) is 4.79 Å². The van der Waals surface area contributed by atoms with Crippen molar-refractivity contribution in [3.63, 3.8) is 0 Å². The molecule has 0 spiro atoms. The van der Waals surface area contributed by atoms with Gasteiger partial charge >= 0.3 is 5.97 Å². The number of amides is 9.